The lowest BCUT2D eigenvalue weighted by Crippen LogP contribution is -2.49. The molecule has 0 aromatic rings. The normalized spacial score (nSPS) is 29.8. The van der Waals surface area contributed by atoms with Crippen LogP contribution in [0.5, 0.6) is 0 Å². The van der Waals surface area contributed by atoms with Crippen molar-refractivity contribution < 1.29 is 0 Å². The van der Waals surface area contributed by atoms with Gasteiger partial charge in [0.2, 0.25) is 0 Å². The van der Waals surface area contributed by atoms with E-state index >= 15 is 0 Å². The number of hydrogen-bond acceptors (Lipinski definition) is 4. The van der Waals surface area contributed by atoms with E-state index in [-0.39, 0.29) is 12.1 Å². The highest BCUT2D eigenvalue weighted by molar-refractivity contribution is 5.44. The summed E-state index contributed by atoms with van der Waals surface area (Å²) in [6, 6.07) is -0.518. The molecule has 2 unspecified atom stereocenters. The molecule has 74 valence electrons. The molecule has 0 fully saturated rings. The Hall–Kier alpha value is -1.00. The molecule has 4 heteroatoms. The number of nitrogens with two attached hydrogens (primary N) is 4. The molecule has 4 nitrogen and oxygen atoms in total. The Bertz CT molecular complexity index is 277. The molecule has 0 radical (unpaired) electrons. The van der Waals surface area contributed by atoms with Gasteiger partial charge in [0, 0.05) is 6.04 Å². The van der Waals surface area contributed by atoms with Crippen molar-refractivity contribution in [1.29, 1.82) is 0 Å². The minimum Gasteiger partial charge on any atom is -0.399 e. The van der Waals surface area contributed by atoms with E-state index in [1.165, 1.54) is 0 Å². The summed E-state index contributed by atoms with van der Waals surface area (Å²) in [5.74, 6) is 0. The van der Waals surface area contributed by atoms with Gasteiger partial charge < -0.3 is 22.9 Å². The highest BCUT2D eigenvalue weighted by atomic mass is 14.9. The van der Waals surface area contributed by atoms with Crippen LogP contribution in [0.25, 0.3) is 0 Å². The van der Waals surface area contributed by atoms with Gasteiger partial charge in [-0.25, -0.2) is 0 Å². The fourth-order valence-corrected chi connectivity index (χ4v) is 1.73. The van der Waals surface area contributed by atoms with Crippen LogP contribution in [-0.4, -0.2) is 12.1 Å². The van der Waals surface area contributed by atoms with Crippen LogP contribution in [0.1, 0.15) is 20.3 Å². The summed E-state index contributed by atoms with van der Waals surface area (Å²) in [6.07, 6.45) is 0.870. The molecule has 0 aliphatic heterocycles. The predicted molar refractivity (Wildman–Crippen MR) is 54.3 cm³/mol. The molecule has 0 heterocycles. The first-order valence-electron chi connectivity index (χ1n) is 4.47. The van der Waals surface area contributed by atoms with Gasteiger partial charge >= 0.3 is 0 Å². The van der Waals surface area contributed by atoms with Gasteiger partial charge in [0.25, 0.3) is 0 Å². The number of rotatable bonds is 1. The fourth-order valence-electron chi connectivity index (χ4n) is 1.73. The molecule has 1 aliphatic carbocycles. The first-order chi connectivity index (χ1) is 6.00. The average Bonchev–Trinajstić information content (AvgIpc) is 2.13. The van der Waals surface area contributed by atoms with Crippen LogP contribution >= 0.6 is 0 Å². The topological polar surface area (TPSA) is 104 Å². The van der Waals surface area contributed by atoms with Gasteiger partial charge in [-0.2, -0.15) is 0 Å². The van der Waals surface area contributed by atoms with Gasteiger partial charge in [0.15, 0.2) is 0 Å². The van der Waals surface area contributed by atoms with Crippen LogP contribution in [0.3, 0.4) is 0 Å². The van der Waals surface area contributed by atoms with Crippen molar-refractivity contribution in [2.45, 2.75) is 32.4 Å². The van der Waals surface area contributed by atoms with Crippen molar-refractivity contribution in [3.05, 3.63) is 22.5 Å². The van der Waals surface area contributed by atoms with Crippen molar-refractivity contribution >= 4 is 0 Å². The quantitative estimate of drug-likeness (QED) is 0.439. The van der Waals surface area contributed by atoms with Crippen LogP contribution in [-0.2, 0) is 0 Å². The zero-order valence-electron chi connectivity index (χ0n) is 8.17. The maximum absolute atomic E-state index is 5.92. The highest BCUT2D eigenvalue weighted by Crippen LogP contribution is 2.25. The van der Waals surface area contributed by atoms with E-state index in [2.05, 4.69) is 0 Å². The minimum absolute atomic E-state index is 0.183. The Labute approximate surface area is 78.6 Å². The van der Waals surface area contributed by atoms with Gasteiger partial charge in [-0.05, 0) is 24.5 Å². The van der Waals surface area contributed by atoms with E-state index < -0.39 is 0 Å². The Balaban J connectivity index is 3.19. The molecular formula is C9H18N4. The third kappa shape index (κ3) is 1.43. The lowest BCUT2D eigenvalue weighted by Gasteiger charge is -2.30. The Morgan fingerprint density at radius 3 is 2.15 bits per heavy atom. The van der Waals surface area contributed by atoms with Crippen LogP contribution in [0.4, 0.5) is 0 Å². The van der Waals surface area contributed by atoms with Crippen molar-refractivity contribution in [3.63, 3.8) is 0 Å². The second-order valence-corrected chi connectivity index (χ2v) is 3.42. The molecule has 0 amide bonds. The van der Waals surface area contributed by atoms with E-state index in [9.17, 15) is 0 Å². The Morgan fingerprint density at radius 1 is 1.15 bits per heavy atom. The second kappa shape index (κ2) is 3.40. The molecule has 0 spiro atoms. The maximum atomic E-state index is 5.92. The van der Waals surface area contributed by atoms with Gasteiger partial charge in [-0.3, -0.25) is 0 Å². The van der Waals surface area contributed by atoms with Gasteiger partial charge in [-0.1, -0.05) is 6.92 Å². The Morgan fingerprint density at radius 2 is 1.69 bits per heavy atom. The smallest absolute Gasteiger partial charge is 0.0656 e. The molecule has 8 N–H and O–H groups in total. The molecule has 1 rings (SSSR count). The summed E-state index contributed by atoms with van der Waals surface area (Å²) < 4.78 is 0. The monoisotopic (exact) mass is 182 g/mol. The summed E-state index contributed by atoms with van der Waals surface area (Å²) in [4.78, 5) is 0. The highest BCUT2D eigenvalue weighted by Gasteiger charge is 2.27. The van der Waals surface area contributed by atoms with Crippen LogP contribution in [0, 0.1) is 0 Å². The third-order valence-electron chi connectivity index (χ3n) is 2.73. The standard InChI is InChI=1S/C9H18N4/c1-3-5-4(2)6(10)8(12)9(13)7(5)11/h7,9H,3,10-13H2,1-2H3. The molecular weight excluding hydrogens is 164 g/mol. The van der Waals surface area contributed by atoms with Crippen LogP contribution in [0.2, 0.25) is 0 Å². The molecule has 0 saturated heterocycles. The summed E-state index contributed by atoms with van der Waals surface area (Å²) >= 11 is 0. The van der Waals surface area contributed by atoms with E-state index in [0.29, 0.717) is 11.4 Å². The lowest BCUT2D eigenvalue weighted by atomic mass is 9.85. The molecule has 0 aromatic heterocycles. The molecule has 0 aromatic carbocycles. The van der Waals surface area contributed by atoms with Crippen LogP contribution < -0.4 is 22.9 Å². The van der Waals surface area contributed by atoms with Crippen molar-refractivity contribution in [3.8, 4) is 0 Å². The van der Waals surface area contributed by atoms with Crippen molar-refractivity contribution in [1.82, 2.24) is 0 Å². The van der Waals surface area contributed by atoms with E-state index in [0.717, 1.165) is 17.6 Å². The third-order valence-corrected chi connectivity index (χ3v) is 2.73. The molecule has 13 heavy (non-hydrogen) atoms. The molecule has 0 saturated carbocycles. The first kappa shape index (κ1) is 10.1. The van der Waals surface area contributed by atoms with E-state index in [4.69, 9.17) is 22.9 Å². The molecule has 1 aliphatic rings. The minimum atomic E-state index is -0.335. The van der Waals surface area contributed by atoms with Gasteiger partial charge in [-0.15, -0.1) is 0 Å². The predicted octanol–water partition coefficient (Wildman–Crippen LogP) is -0.490. The average molecular weight is 182 g/mol. The maximum Gasteiger partial charge on any atom is 0.0656 e. The molecule has 2 atom stereocenters. The summed E-state index contributed by atoms with van der Waals surface area (Å²) in [5, 5.41) is 0. The van der Waals surface area contributed by atoms with Crippen LogP contribution in [0.15, 0.2) is 22.5 Å². The molecule has 0 bridgehead atoms. The lowest BCUT2D eigenvalue weighted by molar-refractivity contribution is 0.599. The SMILES string of the molecule is CCC1=C(C)C(N)=C(N)C(N)C1N. The van der Waals surface area contributed by atoms with E-state index in [1.807, 2.05) is 13.8 Å². The zero-order valence-corrected chi connectivity index (χ0v) is 8.17. The van der Waals surface area contributed by atoms with Crippen molar-refractivity contribution in [2.75, 3.05) is 0 Å². The van der Waals surface area contributed by atoms with Crippen molar-refractivity contribution in [2.24, 2.45) is 22.9 Å². The largest absolute Gasteiger partial charge is 0.399 e. The number of allylic oxidation sites excluding steroid dienone is 1. The fraction of sp³-hybridized carbons (Fsp3) is 0.556. The second-order valence-electron chi connectivity index (χ2n) is 3.42. The Kier molecular flexibility index (Phi) is 2.63. The number of hydrogen-bond donors (Lipinski definition) is 4. The zero-order chi connectivity index (χ0) is 10.2. The summed E-state index contributed by atoms with van der Waals surface area (Å²) in [6.45, 7) is 3.98. The van der Waals surface area contributed by atoms with E-state index in [1.54, 1.807) is 0 Å². The van der Waals surface area contributed by atoms with Gasteiger partial charge in [0.1, 0.15) is 0 Å². The first-order valence-corrected chi connectivity index (χ1v) is 4.47. The summed E-state index contributed by atoms with van der Waals surface area (Å²) in [7, 11) is 0. The summed E-state index contributed by atoms with van der Waals surface area (Å²) in [5.41, 5.74) is 26.5. The van der Waals surface area contributed by atoms with Gasteiger partial charge in [0.05, 0.1) is 17.4 Å².